The van der Waals surface area contributed by atoms with Crippen LogP contribution in [0.1, 0.15) is 69.7 Å². The van der Waals surface area contributed by atoms with Crippen molar-refractivity contribution < 1.29 is 38.5 Å². The first-order valence-corrected chi connectivity index (χ1v) is 16.3. The van der Waals surface area contributed by atoms with Gasteiger partial charge in [-0.3, -0.25) is 20.3 Å². The van der Waals surface area contributed by atoms with Crippen LogP contribution in [0.3, 0.4) is 0 Å². The molecule has 11 nitrogen and oxygen atoms in total. The van der Waals surface area contributed by atoms with E-state index >= 15 is 0 Å². The first-order chi connectivity index (χ1) is 23.2. The number of carboxylic acid groups (broad SMARTS) is 1. The van der Waals surface area contributed by atoms with Crippen LogP contribution in [-0.4, -0.2) is 45.7 Å². The number of benzene rings is 3. The number of hydrogen-bond acceptors (Lipinski definition) is 8. The number of amides is 2. The monoisotopic (exact) mass is 673 g/mol. The van der Waals surface area contributed by atoms with Crippen LogP contribution in [0.25, 0.3) is 0 Å². The lowest BCUT2D eigenvalue weighted by atomic mass is 9.80. The number of ether oxygens (including phenoxy) is 3. The largest absolute Gasteiger partial charge is 0.481 e. The van der Waals surface area contributed by atoms with E-state index in [0.717, 1.165) is 21.6 Å². The molecule has 11 heteroatoms. The van der Waals surface area contributed by atoms with Crippen LogP contribution in [0.4, 0.5) is 9.59 Å². The Labute approximate surface area is 288 Å². The third-order valence-electron chi connectivity index (χ3n) is 7.62. The number of nitrogens with zero attached hydrogens (tertiary/aromatic N) is 1. The summed E-state index contributed by atoms with van der Waals surface area (Å²) in [5.74, 6) is -3.95. The smallest absolute Gasteiger partial charge is 0.417 e. The molecule has 3 aromatic rings. The number of carboxylic acids is 1. The van der Waals surface area contributed by atoms with Crippen molar-refractivity contribution in [1.82, 2.24) is 10.2 Å². The van der Waals surface area contributed by atoms with E-state index in [9.17, 15) is 24.3 Å². The number of esters is 1. The van der Waals surface area contributed by atoms with Gasteiger partial charge in [-0.2, -0.15) is 0 Å². The predicted molar refractivity (Wildman–Crippen MR) is 184 cm³/mol. The Bertz CT molecular complexity index is 1540. The van der Waals surface area contributed by atoms with Crippen molar-refractivity contribution in [1.29, 1.82) is 5.41 Å². The van der Waals surface area contributed by atoms with E-state index < -0.39 is 47.5 Å². The van der Waals surface area contributed by atoms with Gasteiger partial charge in [0, 0.05) is 0 Å². The second kappa shape index (κ2) is 18.4. The minimum atomic E-state index is -1.02. The van der Waals surface area contributed by atoms with Crippen LogP contribution in [0, 0.1) is 23.2 Å². The fraction of sp³-hybridized carbons (Fsp3) is 0.395. The zero-order valence-electron chi connectivity index (χ0n) is 28.8. The number of alkyl carbamates (subject to hydrolysis) is 1. The average Bonchev–Trinajstić information content (AvgIpc) is 3.05. The van der Waals surface area contributed by atoms with Gasteiger partial charge in [-0.1, -0.05) is 98.8 Å². The van der Waals surface area contributed by atoms with Crippen LogP contribution < -0.4 is 5.32 Å². The second-order valence-corrected chi connectivity index (χ2v) is 13.1. The molecule has 0 radical (unpaired) electrons. The molecule has 0 fully saturated rings. The maximum atomic E-state index is 13.2. The van der Waals surface area contributed by atoms with Crippen molar-refractivity contribution in [2.24, 2.45) is 17.8 Å². The van der Waals surface area contributed by atoms with Crippen LogP contribution in [-0.2, 0) is 50.0 Å². The number of rotatable bonds is 14. The molecule has 0 aliphatic heterocycles. The van der Waals surface area contributed by atoms with Gasteiger partial charge in [0.1, 0.15) is 18.8 Å². The molecule has 0 saturated carbocycles. The fourth-order valence-electron chi connectivity index (χ4n) is 5.22. The van der Waals surface area contributed by atoms with E-state index in [1.165, 1.54) is 0 Å². The molecule has 3 N–H and O–H groups in total. The number of carbonyl (C=O) groups excluding carboxylic acids is 3. The van der Waals surface area contributed by atoms with Crippen molar-refractivity contribution in [2.45, 2.75) is 79.2 Å². The van der Waals surface area contributed by atoms with Crippen LogP contribution in [0.15, 0.2) is 84.9 Å². The molecule has 2 atom stereocenters. The van der Waals surface area contributed by atoms with Gasteiger partial charge >= 0.3 is 24.1 Å². The van der Waals surface area contributed by atoms with Gasteiger partial charge in [0.25, 0.3) is 0 Å². The van der Waals surface area contributed by atoms with Crippen molar-refractivity contribution >= 4 is 30.1 Å². The highest BCUT2D eigenvalue weighted by Crippen LogP contribution is 2.29. The van der Waals surface area contributed by atoms with E-state index in [4.69, 9.17) is 19.6 Å². The third kappa shape index (κ3) is 13.1. The van der Waals surface area contributed by atoms with Gasteiger partial charge in [-0.25, -0.2) is 14.5 Å². The van der Waals surface area contributed by atoms with Gasteiger partial charge in [0.15, 0.2) is 0 Å². The van der Waals surface area contributed by atoms with E-state index in [1.54, 1.807) is 71.0 Å². The SMILES string of the molecule is CC(C)[C@@H](C(=O)O)C(CCCc1ccc(CN(C(=N)NC(=O)OCc2ccccc2)C(=O)OCc2ccccc2)cc1)C(=O)OC(C)(C)C. The zero-order valence-corrected chi connectivity index (χ0v) is 28.8. The summed E-state index contributed by atoms with van der Waals surface area (Å²) in [6.07, 6.45) is -0.241. The molecule has 0 spiro atoms. The molecule has 0 aliphatic carbocycles. The molecule has 0 bridgehead atoms. The maximum Gasteiger partial charge on any atom is 0.417 e. The molecular weight excluding hydrogens is 626 g/mol. The lowest BCUT2D eigenvalue weighted by Crippen LogP contribution is -2.46. The average molecular weight is 674 g/mol. The highest BCUT2D eigenvalue weighted by molar-refractivity contribution is 5.99. The minimum absolute atomic E-state index is 0.00712. The van der Waals surface area contributed by atoms with E-state index in [2.05, 4.69) is 5.32 Å². The van der Waals surface area contributed by atoms with Gasteiger partial charge in [0.2, 0.25) is 5.96 Å². The van der Waals surface area contributed by atoms with Gasteiger partial charge in [0.05, 0.1) is 18.4 Å². The topological polar surface area (TPSA) is 155 Å². The summed E-state index contributed by atoms with van der Waals surface area (Å²) >= 11 is 0. The number of nitrogens with one attached hydrogen (secondary N) is 2. The third-order valence-corrected chi connectivity index (χ3v) is 7.62. The Morgan fingerprint density at radius 3 is 1.84 bits per heavy atom. The molecule has 2 amide bonds. The second-order valence-electron chi connectivity index (χ2n) is 13.1. The number of hydrogen-bond donors (Lipinski definition) is 3. The molecule has 0 saturated heterocycles. The maximum absolute atomic E-state index is 13.2. The number of aliphatic carboxylic acids is 1. The van der Waals surface area contributed by atoms with Crippen molar-refractivity contribution in [2.75, 3.05) is 0 Å². The zero-order chi connectivity index (χ0) is 36.0. The summed E-state index contributed by atoms with van der Waals surface area (Å²) < 4.78 is 16.3. The first kappa shape index (κ1) is 38.3. The Balaban J connectivity index is 1.67. The quantitative estimate of drug-likeness (QED) is 0.0696. The Morgan fingerprint density at radius 1 is 0.796 bits per heavy atom. The van der Waals surface area contributed by atoms with Crippen LogP contribution in [0.2, 0.25) is 0 Å². The van der Waals surface area contributed by atoms with E-state index in [1.807, 2.05) is 48.5 Å². The predicted octanol–water partition coefficient (Wildman–Crippen LogP) is 7.32. The number of aryl methyl sites for hydroxylation is 1. The van der Waals surface area contributed by atoms with Gasteiger partial charge < -0.3 is 19.3 Å². The first-order valence-electron chi connectivity index (χ1n) is 16.3. The normalized spacial score (nSPS) is 12.4. The molecule has 0 aromatic heterocycles. The molecule has 1 unspecified atom stereocenters. The molecule has 3 aromatic carbocycles. The molecule has 0 heterocycles. The molecule has 262 valence electrons. The minimum Gasteiger partial charge on any atom is -0.481 e. The lowest BCUT2D eigenvalue weighted by molar-refractivity contribution is -0.168. The lowest BCUT2D eigenvalue weighted by Gasteiger charge is -2.29. The molecule has 3 rings (SSSR count). The summed E-state index contributed by atoms with van der Waals surface area (Å²) in [6, 6.07) is 25.5. The number of carbonyl (C=O) groups is 4. The summed E-state index contributed by atoms with van der Waals surface area (Å²) in [4.78, 5) is 51.8. The summed E-state index contributed by atoms with van der Waals surface area (Å²) in [5.41, 5.74) is 2.41. The van der Waals surface area contributed by atoms with E-state index in [0.29, 0.717) is 24.8 Å². The van der Waals surface area contributed by atoms with E-state index in [-0.39, 0.29) is 25.7 Å². The van der Waals surface area contributed by atoms with Crippen molar-refractivity contribution in [3.05, 3.63) is 107 Å². The Kier molecular flexibility index (Phi) is 14.4. The highest BCUT2D eigenvalue weighted by atomic mass is 16.6. The van der Waals surface area contributed by atoms with Crippen LogP contribution >= 0.6 is 0 Å². The molecular formula is C38H47N3O8. The van der Waals surface area contributed by atoms with Crippen molar-refractivity contribution in [3.63, 3.8) is 0 Å². The van der Waals surface area contributed by atoms with Crippen molar-refractivity contribution in [3.8, 4) is 0 Å². The Hall–Kier alpha value is -5.19. The molecule has 49 heavy (non-hydrogen) atoms. The highest BCUT2D eigenvalue weighted by Gasteiger charge is 2.38. The standard InChI is InChI=1S/C38H47N3O8/c1-26(2)32(33(42)43)31(34(44)49-38(3,4)5)18-12-17-27-19-21-28(22-20-27)23-41(37(46)48-25-30-15-10-7-11-16-30)35(39)40-36(45)47-24-29-13-8-6-9-14-29/h6-11,13-16,19-22,26,31-32H,12,17-18,23-25H2,1-5H3,(H,42,43)(H2,39,40,45)/t31?,32-/m1/s1. The Morgan fingerprint density at radius 2 is 1.33 bits per heavy atom. The molecule has 0 aliphatic rings. The van der Waals surface area contributed by atoms with Crippen LogP contribution in [0.5, 0.6) is 0 Å². The summed E-state index contributed by atoms with van der Waals surface area (Å²) in [7, 11) is 0. The van der Waals surface area contributed by atoms with Gasteiger partial charge in [-0.15, -0.1) is 0 Å². The summed E-state index contributed by atoms with van der Waals surface area (Å²) in [6.45, 7) is 8.76. The van der Waals surface area contributed by atoms with Gasteiger partial charge in [-0.05, 0) is 68.2 Å². The summed E-state index contributed by atoms with van der Waals surface area (Å²) in [5, 5.41) is 20.7. The fourth-order valence-corrected chi connectivity index (χ4v) is 5.22. The number of guanidine groups is 1.